The number of aromatic nitrogens is 1. The highest BCUT2D eigenvalue weighted by atomic mass is 32.1. The molecule has 5 nitrogen and oxygen atoms in total. The van der Waals surface area contributed by atoms with Gasteiger partial charge < -0.3 is 14.5 Å². The van der Waals surface area contributed by atoms with Gasteiger partial charge in [-0.1, -0.05) is 36.4 Å². The van der Waals surface area contributed by atoms with Gasteiger partial charge in [0.1, 0.15) is 12.4 Å². The van der Waals surface area contributed by atoms with Gasteiger partial charge in [0.15, 0.2) is 0 Å². The molecular weight excluding hydrogens is 396 g/mol. The molecule has 4 rings (SSSR count). The molecule has 2 heterocycles. The first kappa shape index (κ1) is 20.3. The fourth-order valence-corrected chi connectivity index (χ4v) is 4.22. The molecule has 0 aliphatic heterocycles. The average molecular weight is 421 g/mol. The van der Waals surface area contributed by atoms with Crippen molar-refractivity contribution in [3.8, 4) is 0 Å². The summed E-state index contributed by atoms with van der Waals surface area (Å²) in [6.45, 7) is 1.47. The van der Waals surface area contributed by atoms with E-state index in [-0.39, 0.29) is 5.91 Å². The molecule has 0 saturated carbocycles. The number of para-hydroxylation sites is 1. The number of nitrogens with zero attached hydrogens (tertiary/aromatic N) is 1. The number of amides is 1. The second-order valence-corrected chi connectivity index (χ2v) is 8.21. The molecule has 2 aromatic heterocycles. The van der Waals surface area contributed by atoms with Crippen LogP contribution < -0.4 is 5.32 Å². The zero-order valence-electron chi connectivity index (χ0n) is 16.7. The average Bonchev–Trinajstić information content (AvgIpc) is 3.42. The molecule has 1 N–H and O–H groups in total. The number of carbonyl (C=O) groups is 1. The van der Waals surface area contributed by atoms with E-state index in [0.717, 1.165) is 40.3 Å². The second kappa shape index (κ2) is 10.2. The van der Waals surface area contributed by atoms with Crippen molar-refractivity contribution in [1.29, 1.82) is 0 Å². The second-order valence-electron chi connectivity index (χ2n) is 7.10. The summed E-state index contributed by atoms with van der Waals surface area (Å²) in [6, 6.07) is 19.9. The van der Waals surface area contributed by atoms with Crippen LogP contribution in [-0.2, 0) is 35.7 Å². The summed E-state index contributed by atoms with van der Waals surface area (Å²) in [6.07, 6.45) is 3.77. The molecule has 4 aromatic rings. The first-order chi connectivity index (χ1) is 14.8. The number of fused-ring (bicyclic) bond motifs is 1. The number of hydrogen-bond donors (Lipinski definition) is 1. The first-order valence-electron chi connectivity index (χ1n) is 10.1. The zero-order chi connectivity index (χ0) is 20.6. The summed E-state index contributed by atoms with van der Waals surface area (Å²) in [5.41, 5.74) is 3.17. The van der Waals surface area contributed by atoms with E-state index in [2.05, 4.69) is 22.4 Å². The number of benzene rings is 2. The van der Waals surface area contributed by atoms with Crippen LogP contribution in [0.5, 0.6) is 0 Å². The lowest BCUT2D eigenvalue weighted by molar-refractivity contribution is -0.121. The molecule has 0 unspecified atom stereocenters. The van der Waals surface area contributed by atoms with E-state index in [1.165, 1.54) is 4.70 Å². The van der Waals surface area contributed by atoms with Crippen molar-refractivity contribution in [2.45, 2.75) is 39.0 Å². The van der Waals surface area contributed by atoms with Gasteiger partial charge in [-0.15, -0.1) is 11.3 Å². The summed E-state index contributed by atoms with van der Waals surface area (Å²) in [7, 11) is 0. The Bertz CT molecular complexity index is 1060. The Balaban J connectivity index is 1.18. The third-order valence-electron chi connectivity index (χ3n) is 4.71. The third kappa shape index (κ3) is 5.78. The molecule has 0 saturated heterocycles. The van der Waals surface area contributed by atoms with Crippen LogP contribution >= 0.6 is 11.3 Å². The molecular formula is C24H24N2O3S. The molecule has 0 fully saturated rings. The van der Waals surface area contributed by atoms with Crippen molar-refractivity contribution in [2.24, 2.45) is 0 Å². The summed E-state index contributed by atoms with van der Waals surface area (Å²) < 4.78 is 12.1. The van der Waals surface area contributed by atoms with Crippen LogP contribution in [0.4, 0.5) is 0 Å². The van der Waals surface area contributed by atoms with Crippen LogP contribution in [0, 0.1) is 0 Å². The van der Waals surface area contributed by atoms with Crippen molar-refractivity contribution in [1.82, 2.24) is 10.3 Å². The van der Waals surface area contributed by atoms with Crippen LogP contribution in [0.2, 0.25) is 0 Å². The highest BCUT2D eigenvalue weighted by Gasteiger charge is 2.06. The Labute approximate surface area is 179 Å². The van der Waals surface area contributed by atoms with Gasteiger partial charge in [-0.3, -0.25) is 4.79 Å². The normalized spacial score (nSPS) is 11.1. The fraction of sp³-hybridized carbons (Fsp3) is 0.250. The minimum absolute atomic E-state index is 0.0654. The molecule has 0 aliphatic rings. The van der Waals surface area contributed by atoms with E-state index in [4.69, 9.17) is 9.15 Å². The van der Waals surface area contributed by atoms with Gasteiger partial charge in [0.2, 0.25) is 5.91 Å². The Morgan fingerprint density at radius 1 is 1.03 bits per heavy atom. The van der Waals surface area contributed by atoms with Gasteiger partial charge in [-0.2, -0.15) is 0 Å². The van der Waals surface area contributed by atoms with E-state index >= 15 is 0 Å². The lowest BCUT2D eigenvalue weighted by Crippen LogP contribution is -2.22. The predicted octanol–water partition coefficient (Wildman–Crippen LogP) is 5.25. The van der Waals surface area contributed by atoms with Gasteiger partial charge in [-0.25, -0.2) is 4.98 Å². The molecule has 1 amide bonds. The van der Waals surface area contributed by atoms with Gasteiger partial charge >= 0.3 is 0 Å². The largest absolute Gasteiger partial charge is 0.467 e. The zero-order valence-corrected chi connectivity index (χ0v) is 17.5. The Kier molecular flexibility index (Phi) is 6.90. The molecule has 154 valence electrons. The molecule has 0 atom stereocenters. The molecule has 0 aliphatic carbocycles. The summed E-state index contributed by atoms with van der Waals surface area (Å²) in [5, 5.41) is 4.09. The maximum absolute atomic E-state index is 12.2. The monoisotopic (exact) mass is 420 g/mol. The predicted molar refractivity (Wildman–Crippen MR) is 118 cm³/mol. The van der Waals surface area contributed by atoms with Crippen LogP contribution in [0.25, 0.3) is 10.2 Å². The van der Waals surface area contributed by atoms with Gasteiger partial charge in [0, 0.05) is 13.0 Å². The Hall–Kier alpha value is -2.96. The Morgan fingerprint density at radius 2 is 1.93 bits per heavy atom. The van der Waals surface area contributed by atoms with Crippen molar-refractivity contribution in [3.63, 3.8) is 0 Å². The third-order valence-corrected chi connectivity index (χ3v) is 5.80. The molecule has 2 aromatic carbocycles. The smallest absolute Gasteiger partial charge is 0.220 e. The van der Waals surface area contributed by atoms with Gasteiger partial charge in [-0.05, 0) is 48.2 Å². The summed E-state index contributed by atoms with van der Waals surface area (Å²) in [4.78, 5) is 16.8. The van der Waals surface area contributed by atoms with Crippen LogP contribution in [0.1, 0.15) is 34.7 Å². The highest BCUT2D eigenvalue weighted by Crippen LogP contribution is 2.22. The van der Waals surface area contributed by atoms with E-state index in [1.807, 2.05) is 48.5 Å². The molecule has 30 heavy (non-hydrogen) atoms. The minimum Gasteiger partial charge on any atom is -0.467 e. The molecule has 0 radical (unpaired) electrons. The summed E-state index contributed by atoms with van der Waals surface area (Å²) >= 11 is 1.71. The van der Waals surface area contributed by atoms with Gasteiger partial charge in [0.25, 0.3) is 0 Å². The van der Waals surface area contributed by atoms with Crippen LogP contribution in [-0.4, -0.2) is 10.9 Å². The number of aryl methyl sites for hydroxylation is 1. The molecule has 0 spiro atoms. The van der Waals surface area contributed by atoms with E-state index in [1.54, 1.807) is 17.6 Å². The van der Waals surface area contributed by atoms with E-state index < -0.39 is 0 Å². The minimum atomic E-state index is 0.0654. The fourth-order valence-electron chi connectivity index (χ4n) is 3.21. The number of furan rings is 1. The van der Waals surface area contributed by atoms with Crippen molar-refractivity contribution < 1.29 is 13.9 Å². The van der Waals surface area contributed by atoms with Crippen LogP contribution in [0.3, 0.4) is 0 Å². The van der Waals surface area contributed by atoms with Crippen LogP contribution in [0.15, 0.2) is 71.3 Å². The van der Waals surface area contributed by atoms with Crippen molar-refractivity contribution in [2.75, 3.05) is 0 Å². The highest BCUT2D eigenvalue weighted by molar-refractivity contribution is 7.18. The standard InChI is InChI=1S/C24H24N2O3S/c27-23(11-4-12-24-26-21-9-1-2-10-22(21)30-24)25-15-18-6-3-7-19(14-18)16-28-17-20-8-5-13-29-20/h1-3,5-10,13-14H,4,11-12,15-17H2,(H,25,27). The number of carbonyl (C=O) groups excluding carboxylic acids is 1. The number of nitrogens with one attached hydrogen (secondary N) is 1. The number of rotatable bonds is 10. The number of thiazole rings is 1. The number of hydrogen-bond acceptors (Lipinski definition) is 5. The van der Waals surface area contributed by atoms with Crippen molar-refractivity contribution >= 4 is 27.5 Å². The maximum atomic E-state index is 12.2. The van der Waals surface area contributed by atoms with E-state index in [9.17, 15) is 4.79 Å². The lowest BCUT2D eigenvalue weighted by atomic mass is 10.1. The lowest BCUT2D eigenvalue weighted by Gasteiger charge is -2.08. The summed E-state index contributed by atoms with van der Waals surface area (Å²) in [5.74, 6) is 0.875. The topological polar surface area (TPSA) is 64.4 Å². The van der Waals surface area contributed by atoms with Gasteiger partial charge in [0.05, 0.1) is 28.1 Å². The quantitative estimate of drug-likeness (QED) is 0.381. The first-order valence-corrected chi connectivity index (χ1v) is 10.9. The Morgan fingerprint density at radius 3 is 2.80 bits per heavy atom. The van der Waals surface area contributed by atoms with E-state index in [0.29, 0.717) is 26.2 Å². The molecule has 6 heteroatoms. The van der Waals surface area contributed by atoms with Crippen molar-refractivity contribution in [3.05, 3.63) is 88.8 Å². The number of ether oxygens (including phenoxy) is 1. The molecule has 0 bridgehead atoms. The maximum Gasteiger partial charge on any atom is 0.220 e. The SMILES string of the molecule is O=C(CCCc1nc2ccccc2s1)NCc1cccc(COCc2ccco2)c1.